The Balaban J connectivity index is 1.62. The van der Waals surface area contributed by atoms with Crippen molar-refractivity contribution in [3.8, 4) is 0 Å². The Morgan fingerprint density at radius 1 is 1.06 bits per heavy atom. The van der Waals surface area contributed by atoms with Crippen LogP contribution in [0, 0.1) is 0 Å². The van der Waals surface area contributed by atoms with Crippen LogP contribution in [0.15, 0.2) is 41.6 Å². The number of carbonyl (C=O) groups excluding carboxylic acids is 2. The normalized spacial score (nSPS) is 13.7. The highest BCUT2D eigenvalue weighted by Crippen LogP contribution is 2.24. The first kappa shape index (κ1) is 27.0. The third kappa shape index (κ3) is 8.55. The number of amides is 2. The molecule has 2 heterocycles. The van der Waals surface area contributed by atoms with E-state index in [1.807, 2.05) is 32.3 Å². The van der Waals surface area contributed by atoms with Crippen LogP contribution in [-0.4, -0.2) is 102 Å². The van der Waals surface area contributed by atoms with Crippen LogP contribution in [0.1, 0.15) is 12.5 Å². The molecule has 0 aliphatic carbocycles. The van der Waals surface area contributed by atoms with Crippen molar-refractivity contribution >= 4 is 41.2 Å². The van der Waals surface area contributed by atoms with Gasteiger partial charge in [0.25, 0.3) is 0 Å². The van der Waals surface area contributed by atoms with Crippen LogP contribution in [0.4, 0.5) is 10.6 Å². The molecule has 1 saturated heterocycles. The number of rotatable bonds is 10. The van der Waals surface area contributed by atoms with E-state index < -0.39 is 0 Å². The second-order valence-corrected chi connectivity index (χ2v) is 9.73. The highest BCUT2D eigenvalue weighted by Gasteiger charge is 2.25. The highest BCUT2D eigenvalue weighted by atomic mass is 35.5. The van der Waals surface area contributed by atoms with Gasteiger partial charge in [0.1, 0.15) is 11.0 Å². The van der Waals surface area contributed by atoms with Crippen LogP contribution < -0.4 is 4.90 Å². The topological polar surface area (TPSA) is 82.1 Å². The van der Waals surface area contributed by atoms with E-state index in [0.717, 1.165) is 18.9 Å². The lowest BCUT2D eigenvalue weighted by molar-refractivity contribution is -0.129. The molecule has 0 bridgehead atoms. The molecule has 35 heavy (non-hydrogen) atoms. The summed E-state index contributed by atoms with van der Waals surface area (Å²) in [5.74, 6) is 0.918. The van der Waals surface area contributed by atoms with Crippen molar-refractivity contribution in [2.75, 3.05) is 70.6 Å². The molecule has 1 aromatic heterocycles. The van der Waals surface area contributed by atoms with E-state index in [4.69, 9.17) is 21.3 Å². The average molecular weight is 521 g/mol. The summed E-state index contributed by atoms with van der Waals surface area (Å²) in [5.41, 5.74) is 1.17. The number of aromatic nitrogens is 2. The summed E-state index contributed by atoms with van der Waals surface area (Å²) in [6.45, 7) is 6.33. The van der Waals surface area contributed by atoms with Gasteiger partial charge in [0.05, 0.1) is 12.4 Å². The number of benzene rings is 1. The molecule has 0 N–H and O–H groups in total. The third-order valence-corrected chi connectivity index (χ3v) is 6.53. The van der Waals surface area contributed by atoms with Gasteiger partial charge in [-0.1, -0.05) is 53.7 Å². The number of anilines is 1. The van der Waals surface area contributed by atoms with Gasteiger partial charge >= 0.3 is 6.09 Å². The Hall–Kier alpha value is -2.56. The predicted octanol–water partition coefficient (Wildman–Crippen LogP) is 3.09. The number of piperazine rings is 1. The van der Waals surface area contributed by atoms with E-state index in [-0.39, 0.29) is 17.8 Å². The number of hydrogen-bond donors (Lipinski definition) is 0. The number of ether oxygens (including phenoxy) is 1. The number of halogens is 1. The second-order valence-electron chi connectivity index (χ2n) is 8.40. The van der Waals surface area contributed by atoms with Gasteiger partial charge in [-0.25, -0.2) is 14.8 Å². The molecular weight excluding hydrogens is 488 g/mol. The second kappa shape index (κ2) is 13.5. The smallest absolute Gasteiger partial charge is 0.409 e. The molecule has 11 heteroatoms. The van der Waals surface area contributed by atoms with E-state index in [0.29, 0.717) is 49.6 Å². The molecule has 1 fully saturated rings. The van der Waals surface area contributed by atoms with Crippen molar-refractivity contribution in [2.24, 2.45) is 0 Å². The lowest BCUT2D eigenvalue weighted by Crippen LogP contribution is -2.51. The minimum atomic E-state index is -0.330. The summed E-state index contributed by atoms with van der Waals surface area (Å²) in [7, 11) is 4.07. The Morgan fingerprint density at radius 2 is 1.74 bits per heavy atom. The molecule has 9 nitrogen and oxygen atoms in total. The first-order valence-corrected chi connectivity index (χ1v) is 13.0. The summed E-state index contributed by atoms with van der Waals surface area (Å²) >= 11 is 7.62. The molecule has 2 amide bonds. The maximum Gasteiger partial charge on any atom is 0.409 e. The summed E-state index contributed by atoms with van der Waals surface area (Å²) in [6.07, 6.45) is -0.330. The number of nitrogens with zero attached hydrogens (tertiary/aromatic N) is 6. The Labute approximate surface area is 216 Å². The minimum absolute atomic E-state index is 0.0163. The van der Waals surface area contributed by atoms with E-state index in [9.17, 15) is 9.59 Å². The van der Waals surface area contributed by atoms with E-state index in [2.05, 4.69) is 26.9 Å². The number of thioether (sulfide) groups is 1. The molecule has 2 aromatic rings. The zero-order valence-corrected chi connectivity index (χ0v) is 22.1. The maximum absolute atomic E-state index is 12.8. The summed E-state index contributed by atoms with van der Waals surface area (Å²) in [5, 5.41) is 0.810. The van der Waals surface area contributed by atoms with Crippen LogP contribution in [0.2, 0.25) is 5.15 Å². The van der Waals surface area contributed by atoms with Crippen LogP contribution >= 0.6 is 23.4 Å². The van der Waals surface area contributed by atoms with Gasteiger partial charge in [-0.15, -0.1) is 0 Å². The Kier molecular flexibility index (Phi) is 10.4. The molecule has 1 aliphatic rings. The van der Waals surface area contributed by atoms with Crippen LogP contribution in [0.3, 0.4) is 0 Å². The van der Waals surface area contributed by atoms with Crippen LogP contribution in [0.25, 0.3) is 0 Å². The molecule has 0 saturated carbocycles. The fourth-order valence-electron chi connectivity index (χ4n) is 3.58. The van der Waals surface area contributed by atoms with E-state index >= 15 is 0 Å². The zero-order chi connectivity index (χ0) is 25.2. The Morgan fingerprint density at radius 3 is 2.40 bits per heavy atom. The quantitative estimate of drug-likeness (QED) is 0.268. The number of hydrogen-bond acceptors (Lipinski definition) is 8. The lowest BCUT2D eigenvalue weighted by Gasteiger charge is -2.34. The molecule has 190 valence electrons. The summed E-state index contributed by atoms with van der Waals surface area (Å²) < 4.78 is 5.04. The molecule has 1 aliphatic heterocycles. The monoisotopic (exact) mass is 520 g/mol. The molecule has 0 unspecified atom stereocenters. The maximum atomic E-state index is 12.8. The third-order valence-electron chi connectivity index (χ3n) is 5.50. The Bertz CT molecular complexity index is 973. The average Bonchev–Trinajstić information content (AvgIpc) is 2.85. The predicted molar refractivity (Wildman–Crippen MR) is 139 cm³/mol. The van der Waals surface area contributed by atoms with Gasteiger partial charge in [0.2, 0.25) is 5.91 Å². The van der Waals surface area contributed by atoms with Crippen molar-refractivity contribution in [3.05, 3.63) is 47.1 Å². The molecule has 1 aromatic carbocycles. The minimum Gasteiger partial charge on any atom is -0.450 e. The summed E-state index contributed by atoms with van der Waals surface area (Å²) in [6, 6.07) is 12.0. The van der Waals surface area contributed by atoms with Crippen LogP contribution in [-0.2, 0) is 16.1 Å². The van der Waals surface area contributed by atoms with Crippen molar-refractivity contribution in [2.45, 2.75) is 18.6 Å². The molecule has 0 atom stereocenters. The number of carbonyl (C=O) groups is 2. The standard InChI is InChI=1S/C24H33ClN6O3S/c1-4-34-24(33)30-14-12-29(13-15-30)22(32)18-35-23-26-20(25)16-21(27-23)31(11-10-28(2)3)17-19-8-6-5-7-9-19/h5-9,16H,4,10-15,17-18H2,1-3H3. The van der Waals surface area contributed by atoms with E-state index in [1.54, 1.807) is 22.8 Å². The highest BCUT2D eigenvalue weighted by molar-refractivity contribution is 7.99. The fraction of sp³-hybridized carbons (Fsp3) is 0.500. The van der Waals surface area contributed by atoms with Crippen LogP contribution in [0.5, 0.6) is 0 Å². The first-order valence-electron chi connectivity index (χ1n) is 11.7. The van der Waals surface area contributed by atoms with Gasteiger partial charge in [-0.3, -0.25) is 4.79 Å². The van der Waals surface area contributed by atoms with Gasteiger partial charge in [0, 0.05) is 51.9 Å². The first-order chi connectivity index (χ1) is 16.9. The van der Waals surface area contributed by atoms with Crippen molar-refractivity contribution in [1.29, 1.82) is 0 Å². The molecule has 3 rings (SSSR count). The fourth-order valence-corrected chi connectivity index (χ4v) is 4.57. The van der Waals surface area contributed by atoms with Crippen molar-refractivity contribution in [1.82, 2.24) is 24.7 Å². The largest absolute Gasteiger partial charge is 0.450 e. The van der Waals surface area contributed by atoms with E-state index in [1.165, 1.54) is 17.3 Å². The van der Waals surface area contributed by atoms with Gasteiger partial charge in [-0.05, 0) is 26.6 Å². The van der Waals surface area contributed by atoms with Gasteiger partial charge < -0.3 is 24.3 Å². The SMILES string of the molecule is CCOC(=O)N1CCN(C(=O)CSc2nc(Cl)cc(N(CCN(C)C)Cc3ccccc3)n2)CC1. The lowest BCUT2D eigenvalue weighted by atomic mass is 10.2. The molecular formula is C24H33ClN6O3S. The summed E-state index contributed by atoms with van der Waals surface area (Å²) in [4.78, 5) is 41.3. The van der Waals surface area contributed by atoms with Crippen molar-refractivity contribution < 1.29 is 14.3 Å². The van der Waals surface area contributed by atoms with Gasteiger partial charge in [0.15, 0.2) is 5.16 Å². The number of likely N-dealkylation sites (N-methyl/N-ethyl adjacent to an activating group) is 1. The van der Waals surface area contributed by atoms with Gasteiger partial charge in [-0.2, -0.15) is 0 Å². The molecule has 0 radical (unpaired) electrons. The van der Waals surface area contributed by atoms with Crippen molar-refractivity contribution in [3.63, 3.8) is 0 Å². The molecule has 0 spiro atoms. The zero-order valence-electron chi connectivity index (χ0n) is 20.5.